The highest BCUT2D eigenvalue weighted by molar-refractivity contribution is 7.30. The molecule has 0 spiro atoms. The van der Waals surface area contributed by atoms with E-state index in [-0.39, 0.29) is 0 Å². The number of nitrogens with one attached hydrogen (secondary N) is 1. The molecule has 0 fully saturated rings. The molecule has 0 saturated heterocycles. The Morgan fingerprint density at radius 3 is 2.27 bits per heavy atom. The molecular weight excluding hydrogens is 167 g/mol. The molecule has 0 saturated carbocycles. The molecular formula is C5H16N2O3P+. The Morgan fingerprint density at radius 2 is 2.00 bits per heavy atom. The van der Waals surface area contributed by atoms with Gasteiger partial charge in [-0.2, -0.15) is 0 Å². The summed E-state index contributed by atoms with van der Waals surface area (Å²) in [5.74, 6) is 0. The zero-order valence-electron chi connectivity index (χ0n) is 6.66. The van der Waals surface area contributed by atoms with Gasteiger partial charge in [-0.05, 0) is 26.1 Å². The molecule has 11 heavy (non-hydrogen) atoms. The number of hydrogen-bond donors (Lipinski definition) is 4. The topological polar surface area (TPSA) is 95.6 Å². The Morgan fingerprint density at radius 1 is 1.55 bits per heavy atom. The minimum Gasteiger partial charge on any atom is -0.330 e. The van der Waals surface area contributed by atoms with Crippen LogP contribution in [0.2, 0.25) is 0 Å². The van der Waals surface area contributed by atoms with E-state index < -0.39 is 8.25 Å². The summed E-state index contributed by atoms with van der Waals surface area (Å²) in [7, 11) is -2.87. The molecule has 5 nitrogen and oxygen atoms in total. The van der Waals surface area contributed by atoms with Gasteiger partial charge in [-0.25, -0.2) is 0 Å². The molecule has 0 unspecified atom stereocenters. The first-order valence-corrected chi connectivity index (χ1v) is 4.57. The van der Waals surface area contributed by atoms with Crippen LogP contribution >= 0.6 is 8.25 Å². The third-order valence-corrected chi connectivity index (χ3v) is 0.808. The van der Waals surface area contributed by atoms with Crippen molar-refractivity contribution in [1.29, 1.82) is 0 Å². The van der Waals surface area contributed by atoms with E-state index in [1.165, 1.54) is 0 Å². The number of hydrogen-bond acceptors (Lipinski definition) is 3. The summed E-state index contributed by atoms with van der Waals surface area (Å²) < 4.78 is 8.70. The van der Waals surface area contributed by atoms with Crippen LogP contribution in [0.3, 0.4) is 0 Å². The van der Waals surface area contributed by atoms with Crippen molar-refractivity contribution in [2.75, 3.05) is 19.6 Å². The number of nitrogens with two attached hydrogens (primary N) is 1. The maximum absolute atomic E-state index is 8.70. The highest BCUT2D eigenvalue weighted by atomic mass is 31.1. The second-order valence-electron chi connectivity index (χ2n) is 1.75. The van der Waals surface area contributed by atoms with Gasteiger partial charge in [0.05, 0.1) is 0 Å². The van der Waals surface area contributed by atoms with Crippen molar-refractivity contribution in [2.24, 2.45) is 5.73 Å². The fourth-order valence-corrected chi connectivity index (χ4v) is 0.404. The number of rotatable bonds is 4. The van der Waals surface area contributed by atoms with Crippen molar-refractivity contribution >= 4 is 8.25 Å². The van der Waals surface area contributed by atoms with Crippen LogP contribution < -0.4 is 11.1 Å². The Balaban J connectivity index is 0. The Labute approximate surface area is 67.6 Å². The lowest BCUT2D eigenvalue weighted by Gasteiger charge is -1.95. The van der Waals surface area contributed by atoms with Gasteiger partial charge in [0.15, 0.2) is 0 Å². The van der Waals surface area contributed by atoms with Crippen molar-refractivity contribution in [1.82, 2.24) is 5.32 Å². The minimum atomic E-state index is -2.87. The molecule has 0 atom stereocenters. The Hall–Kier alpha value is -0.0600. The highest BCUT2D eigenvalue weighted by Crippen LogP contribution is 1.98. The standard InChI is InChI=1S/C5H14N2.HO3P/c1-2-7-5-3-4-6;1-4(2)3/h7H,2-6H2,1H3;(H-,1,2,3)/p+1. The van der Waals surface area contributed by atoms with Gasteiger partial charge >= 0.3 is 8.25 Å². The van der Waals surface area contributed by atoms with Gasteiger partial charge in [0.1, 0.15) is 0 Å². The maximum atomic E-state index is 8.70. The van der Waals surface area contributed by atoms with Crippen LogP contribution in [-0.2, 0) is 4.57 Å². The third-order valence-electron chi connectivity index (χ3n) is 0.808. The fraction of sp³-hybridized carbons (Fsp3) is 1.00. The lowest BCUT2D eigenvalue weighted by molar-refractivity contribution is 0.405. The van der Waals surface area contributed by atoms with Crippen molar-refractivity contribution in [3.63, 3.8) is 0 Å². The zero-order chi connectivity index (χ0) is 9.11. The van der Waals surface area contributed by atoms with Crippen LogP contribution in [0.15, 0.2) is 0 Å². The molecule has 0 aliphatic heterocycles. The predicted molar refractivity (Wildman–Crippen MR) is 44.3 cm³/mol. The molecule has 0 heterocycles. The summed E-state index contributed by atoms with van der Waals surface area (Å²) in [6.07, 6.45) is 1.09. The molecule has 0 aliphatic rings. The van der Waals surface area contributed by atoms with Gasteiger partial charge in [0.2, 0.25) is 0 Å². The normalized spacial score (nSPS) is 8.36. The van der Waals surface area contributed by atoms with E-state index in [1.54, 1.807) is 0 Å². The quantitative estimate of drug-likeness (QED) is 0.350. The Kier molecular flexibility index (Phi) is 15.5. The van der Waals surface area contributed by atoms with Crippen molar-refractivity contribution < 1.29 is 14.4 Å². The van der Waals surface area contributed by atoms with Gasteiger partial charge < -0.3 is 11.1 Å². The van der Waals surface area contributed by atoms with Gasteiger partial charge in [-0.15, -0.1) is 9.79 Å². The first-order valence-electron chi connectivity index (χ1n) is 3.41. The summed E-state index contributed by atoms with van der Waals surface area (Å²) in [6.45, 7) is 5.01. The van der Waals surface area contributed by atoms with Crippen LogP contribution in [-0.4, -0.2) is 29.4 Å². The highest BCUT2D eigenvalue weighted by Gasteiger charge is 1.93. The molecule has 5 N–H and O–H groups in total. The molecule has 0 aromatic rings. The summed E-state index contributed by atoms with van der Waals surface area (Å²) >= 11 is 0. The largest absolute Gasteiger partial charge is 0.692 e. The average Bonchev–Trinajstić information content (AvgIpc) is 1.88. The molecule has 6 heteroatoms. The molecule has 0 aromatic carbocycles. The van der Waals surface area contributed by atoms with E-state index in [0.717, 1.165) is 26.1 Å². The monoisotopic (exact) mass is 183 g/mol. The molecule has 0 bridgehead atoms. The van der Waals surface area contributed by atoms with E-state index in [4.69, 9.17) is 20.1 Å². The van der Waals surface area contributed by atoms with Crippen LogP contribution in [0.4, 0.5) is 0 Å². The first kappa shape index (κ1) is 13.5. The van der Waals surface area contributed by atoms with Gasteiger partial charge in [0, 0.05) is 4.57 Å². The second-order valence-corrected chi connectivity index (χ2v) is 2.25. The van der Waals surface area contributed by atoms with E-state index in [1.807, 2.05) is 0 Å². The fourth-order valence-electron chi connectivity index (χ4n) is 0.404. The van der Waals surface area contributed by atoms with Crippen LogP contribution in [0.1, 0.15) is 13.3 Å². The van der Waals surface area contributed by atoms with Crippen LogP contribution in [0.25, 0.3) is 0 Å². The zero-order valence-corrected chi connectivity index (χ0v) is 7.55. The van der Waals surface area contributed by atoms with Crippen molar-refractivity contribution in [3.8, 4) is 0 Å². The summed E-state index contributed by atoms with van der Waals surface area (Å²) in [4.78, 5) is 14.2. The second kappa shape index (κ2) is 12.6. The van der Waals surface area contributed by atoms with Gasteiger partial charge in [-0.3, -0.25) is 0 Å². The van der Waals surface area contributed by atoms with Crippen LogP contribution in [0.5, 0.6) is 0 Å². The third kappa shape index (κ3) is 40.4. The molecule has 0 aliphatic carbocycles. The summed E-state index contributed by atoms with van der Waals surface area (Å²) in [6, 6.07) is 0. The molecule has 0 amide bonds. The summed E-state index contributed by atoms with van der Waals surface area (Å²) in [5.41, 5.74) is 5.23. The van der Waals surface area contributed by atoms with Gasteiger partial charge in [-0.1, -0.05) is 6.92 Å². The maximum Gasteiger partial charge on any atom is 0.692 e. The molecule has 68 valence electrons. The van der Waals surface area contributed by atoms with E-state index in [2.05, 4.69) is 12.2 Å². The minimum absolute atomic E-state index is 0.799. The van der Waals surface area contributed by atoms with Gasteiger partial charge in [0.25, 0.3) is 0 Å². The smallest absolute Gasteiger partial charge is 0.330 e. The van der Waals surface area contributed by atoms with E-state index in [9.17, 15) is 0 Å². The van der Waals surface area contributed by atoms with E-state index >= 15 is 0 Å². The lowest BCUT2D eigenvalue weighted by Crippen LogP contribution is -2.17. The van der Waals surface area contributed by atoms with E-state index in [0.29, 0.717) is 0 Å². The SMILES string of the molecule is CCNCCCN.O=[P+](O)O. The van der Waals surface area contributed by atoms with Crippen LogP contribution in [0, 0.1) is 0 Å². The first-order chi connectivity index (χ1) is 5.15. The lowest BCUT2D eigenvalue weighted by atomic mass is 10.4. The predicted octanol–water partition coefficient (Wildman–Crippen LogP) is -0.427. The molecule has 0 radical (unpaired) electrons. The summed E-state index contributed by atoms with van der Waals surface area (Å²) in [5, 5.41) is 3.17. The Bertz CT molecular complexity index is 83.8. The van der Waals surface area contributed by atoms with Crippen molar-refractivity contribution in [2.45, 2.75) is 13.3 Å². The van der Waals surface area contributed by atoms with Crippen molar-refractivity contribution in [3.05, 3.63) is 0 Å². The molecule has 0 rings (SSSR count). The average molecular weight is 183 g/mol. The molecule has 0 aromatic heterocycles.